The third-order valence-electron chi connectivity index (χ3n) is 2.86. The van der Waals surface area contributed by atoms with Crippen LogP contribution >= 0.6 is 11.6 Å². The molecule has 0 aliphatic carbocycles. The normalized spacial score (nSPS) is 10.3. The van der Waals surface area contributed by atoms with Gasteiger partial charge in [-0.25, -0.2) is 9.97 Å². The smallest absolute Gasteiger partial charge is 0.277 e. The van der Waals surface area contributed by atoms with Gasteiger partial charge in [0.2, 0.25) is 0 Å². The lowest BCUT2D eigenvalue weighted by Crippen LogP contribution is -2.23. The van der Waals surface area contributed by atoms with Gasteiger partial charge in [-0.3, -0.25) is 9.59 Å². The maximum absolute atomic E-state index is 11.3. The molecule has 0 spiro atoms. The van der Waals surface area contributed by atoms with Gasteiger partial charge in [0.05, 0.1) is 18.3 Å². The van der Waals surface area contributed by atoms with Gasteiger partial charge < -0.3 is 20.6 Å². The molecular formula is C13H19ClN6O2. The van der Waals surface area contributed by atoms with E-state index in [0.717, 1.165) is 0 Å². The number of aryl methyl sites for hydroxylation is 2. The summed E-state index contributed by atoms with van der Waals surface area (Å²) < 4.78 is 2.64. The molecule has 0 fully saturated rings. The van der Waals surface area contributed by atoms with Gasteiger partial charge in [-0.2, -0.15) is 0 Å². The van der Waals surface area contributed by atoms with E-state index in [-0.39, 0.29) is 33.6 Å². The number of nitrogens with two attached hydrogens (primary N) is 2. The Morgan fingerprint density at radius 1 is 1.00 bits per heavy atom. The van der Waals surface area contributed by atoms with Crippen molar-refractivity contribution >= 4 is 23.0 Å². The van der Waals surface area contributed by atoms with Crippen LogP contribution in [0.3, 0.4) is 0 Å². The lowest BCUT2D eigenvalue weighted by atomic mass is 10.1. The van der Waals surface area contributed by atoms with Crippen molar-refractivity contribution < 1.29 is 0 Å². The van der Waals surface area contributed by atoms with Crippen LogP contribution in [0.5, 0.6) is 0 Å². The average Bonchev–Trinajstić information content (AvgIpc) is 2.47. The van der Waals surface area contributed by atoms with Gasteiger partial charge >= 0.3 is 0 Å². The number of nitrogens with zero attached hydrogens (tertiary/aromatic N) is 4. The van der Waals surface area contributed by atoms with Crippen LogP contribution in [0.1, 0.15) is 25.5 Å². The van der Waals surface area contributed by atoms with Gasteiger partial charge in [0.25, 0.3) is 11.1 Å². The highest BCUT2D eigenvalue weighted by atomic mass is 35.5. The second-order valence-corrected chi connectivity index (χ2v) is 5.34. The number of hydrogen-bond acceptors (Lipinski definition) is 6. The Balaban J connectivity index is 0.000000224. The Hall–Kier alpha value is -2.35. The molecule has 0 aliphatic rings. The van der Waals surface area contributed by atoms with Gasteiger partial charge in [-0.05, 0) is 5.92 Å². The van der Waals surface area contributed by atoms with Gasteiger partial charge in [0, 0.05) is 14.1 Å². The maximum atomic E-state index is 11.3. The fourth-order valence-corrected chi connectivity index (χ4v) is 1.69. The highest BCUT2D eigenvalue weighted by Gasteiger charge is 2.09. The van der Waals surface area contributed by atoms with Crippen LogP contribution in [0.25, 0.3) is 0 Å². The third-order valence-corrected chi connectivity index (χ3v) is 3.16. The molecule has 0 saturated carbocycles. The third kappa shape index (κ3) is 3.85. The van der Waals surface area contributed by atoms with Crippen LogP contribution in [0.15, 0.2) is 22.2 Å². The molecule has 2 aromatic heterocycles. The van der Waals surface area contributed by atoms with Crippen LogP contribution in [-0.4, -0.2) is 19.1 Å². The van der Waals surface area contributed by atoms with Gasteiger partial charge in [-0.1, -0.05) is 25.4 Å². The van der Waals surface area contributed by atoms with E-state index in [0.29, 0.717) is 5.69 Å². The predicted octanol–water partition coefficient (Wildman–Crippen LogP) is 0.502. The molecule has 120 valence electrons. The van der Waals surface area contributed by atoms with Crippen molar-refractivity contribution in [1.29, 1.82) is 0 Å². The van der Waals surface area contributed by atoms with Crippen molar-refractivity contribution in [2.24, 2.45) is 14.1 Å². The number of aromatic nitrogens is 4. The molecule has 9 heteroatoms. The van der Waals surface area contributed by atoms with E-state index >= 15 is 0 Å². The number of halogens is 1. The van der Waals surface area contributed by atoms with Crippen molar-refractivity contribution in [3.8, 4) is 0 Å². The largest absolute Gasteiger partial charge is 0.393 e. The van der Waals surface area contributed by atoms with Crippen LogP contribution in [0.4, 0.5) is 11.4 Å². The zero-order valence-electron chi connectivity index (χ0n) is 12.9. The van der Waals surface area contributed by atoms with Gasteiger partial charge in [0.15, 0.2) is 5.15 Å². The van der Waals surface area contributed by atoms with E-state index in [1.165, 1.54) is 21.8 Å². The Kier molecular flexibility index (Phi) is 5.69. The molecule has 2 heterocycles. The number of anilines is 2. The minimum absolute atomic E-state index is 0.00772. The molecule has 0 saturated heterocycles. The van der Waals surface area contributed by atoms with Gasteiger partial charge in [-0.15, -0.1) is 0 Å². The minimum atomic E-state index is -0.319. The summed E-state index contributed by atoms with van der Waals surface area (Å²) in [6.45, 7) is 3.91. The summed E-state index contributed by atoms with van der Waals surface area (Å²) in [7, 11) is 3.19. The Morgan fingerprint density at radius 3 is 1.91 bits per heavy atom. The molecule has 0 aromatic carbocycles. The van der Waals surface area contributed by atoms with Crippen LogP contribution in [-0.2, 0) is 14.1 Å². The van der Waals surface area contributed by atoms with E-state index < -0.39 is 0 Å². The number of nitrogen functional groups attached to an aromatic ring is 2. The predicted molar refractivity (Wildman–Crippen MR) is 86.9 cm³/mol. The summed E-state index contributed by atoms with van der Waals surface area (Å²) in [5, 5.41) is 0.0584. The van der Waals surface area contributed by atoms with Crippen LogP contribution in [0.2, 0.25) is 5.15 Å². The molecule has 22 heavy (non-hydrogen) atoms. The molecular weight excluding hydrogens is 308 g/mol. The molecule has 0 amide bonds. The molecule has 2 rings (SSSR count). The van der Waals surface area contributed by atoms with Crippen molar-refractivity contribution in [3.05, 3.63) is 44.2 Å². The quantitative estimate of drug-likeness (QED) is 0.736. The average molecular weight is 327 g/mol. The van der Waals surface area contributed by atoms with E-state index in [9.17, 15) is 9.59 Å². The van der Waals surface area contributed by atoms with E-state index in [2.05, 4.69) is 9.97 Å². The van der Waals surface area contributed by atoms with E-state index in [1.54, 1.807) is 14.1 Å². The molecule has 4 N–H and O–H groups in total. The summed E-state index contributed by atoms with van der Waals surface area (Å²) in [6.07, 6.45) is 2.81. The summed E-state index contributed by atoms with van der Waals surface area (Å²) in [5.41, 5.74) is 11.3. The fraction of sp³-hybridized carbons (Fsp3) is 0.385. The summed E-state index contributed by atoms with van der Waals surface area (Å²) >= 11 is 5.44. The first-order chi connectivity index (χ1) is 10.2. The highest BCUT2D eigenvalue weighted by molar-refractivity contribution is 6.31. The summed E-state index contributed by atoms with van der Waals surface area (Å²) in [5.74, 6) is 0.193. The SMILES string of the molecule is CC(C)c1ncn(C)c(=O)c1N.Cn1cnc(Cl)c(N)c1=O. The maximum Gasteiger partial charge on any atom is 0.277 e. The molecule has 0 atom stereocenters. The fourth-order valence-electron chi connectivity index (χ4n) is 1.57. The first kappa shape index (κ1) is 17.7. The molecule has 0 bridgehead atoms. The zero-order valence-corrected chi connectivity index (χ0v) is 13.6. The first-order valence-corrected chi connectivity index (χ1v) is 6.82. The highest BCUT2D eigenvalue weighted by Crippen LogP contribution is 2.14. The lowest BCUT2D eigenvalue weighted by molar-refractivity contribution is 0.762. The van der Waals surface area contributed by atoms with Crippen LogP contribution < -0.4 is 22.6 Å². The van der Waals surface area contributed by atoms with E-state index in [1.807, 2.05) is 13.8 Å². The monoisotopic (exact) mass is 326 g/mol. The first-order valence-electron chi connectivity index (χ1n) is 6.44. The molecule has 0 radical (unpaired) electrons. The molecule has 0 unspecified atom stereocenters. The molecule has 0 aliphatic heterocycles. The molecule has 2 aromatic rings. The van der Waals surface area contributed by atoms with E-state index in [4.69, 9.17) is 23.1 Å². The number of hydrogen-bond donors (Lipinski definition) is 2. The van der Waals surface area contributed by atoms with Crippen molar-refractivity contribution in [3.63, 3.8) is 0 Å². The minimum Gasteiger partial charge on any atom is -0.393 e. The second kappa shape index (κ2) is 7.08. The Labute approximate surface area is 132 Å². The van der Waals surface area contributed by atoms with Crippen molar-refractivity contribution in [1.82, 2.24) is 19.1 Å². The Bertz CT molecular complexity index is 781. The van der Waals surface area contributed by atoms with Crippen molar-refractivity contribution in [2.75, 3.05) is 11.5 Å². The topological polar surface area (TPSA) is 122 Å². The van der Waals surface area contributed by atoms with Crippen LogP contribution in [0, 0.1) is 0 Å². The number of rotatable bonds is 1. The van der Waals surface area contributed by atoms with Crippen molar-refractivity contribution in [2.45, 2.75) is 19.8 Å². The Morgan fingerprint density at radius 2 is 1.45 bits per heavy atom. The lowest BCUT2D eigenvalue weighted by Gasteiger charge is -2.07. The van der Waals surface area contributed by atoms with Gasteiger partial charge in [0.1, 0.15) is 11.4 Å². The summed E-state index contributed by atoms with van der Waals surface area (Å²) in [4.78, 5) is 29.9. The standard InChI is InChI=1S/C8H13N3O.C5H6ClN3O/c1-5(2)7-6(9)8(12)11(3)4-10-7;1-9-2-8-4(6)3(7)5(9)10/h4-5H,9H2,1-3H3;2H,7H2,1H3. The zero-order chi connectivity index (χ0) is 17.0. The molecule has 8 nitrogen and oxygen atoms in total. The second-order valence-electron chi connectivity index (χ2n) is 4.98. The summed E-state index contributed by atoms with van der Waals surface area (Å²) in [6, 6.07) is 0.